The number of carboxylic acids is 1. The highest BCUT2D eigenvalue weighted by atomic mass is 19.4. The summed E-state index contributed by atoms with van der Waals surface area (Å²) >= 11 is 0. The molecule has 2 aromatic rings. The first kappa shape index (κ1) is 23.1. The third-order valence-corrected chi connectivity index (χ3v) is 6.32. The molecule has 4 rings (SSSR count). The number of hydrogen-bond acceptors (Lipinski definition) is 5. The minimum Gasteiger partial charge on any atom is -0.476 e. The zero-order valence-corrected chi connectivity index (χ0v) is 18.3. The molecule has 2 aliphatic heterocycles. The lowest BCUT2D eigenvalue weighted by molar-refractivity contribution is -0.137. The van der Waals surface area contributed by atoms with Crippen LogP contribution in [0, 0.1) is 0 Å². The topological polar surface area (TPSA) is 81.9 Å². The van der Waals surface area contributed by atoms with E-state index in [1.165, 1.54) is 18.3 Å². The highest BCUT2D eigenvalue weighted by Gasteiger charge is 2.33. The number of aromatic nitrogens is 2. The molecule has 1 aromatic heterocycles. The number of carbonyl (C=O) groups excluding carboxylic acids is 1. The number of alkyl halides is 3. The van der Waals surface area contributed by atoms with Crippen molar-refractivity contribution in [3.05, 3.63) is 47.3 Å². The van der Waals surface area contributed by atoms with Crippen molar-refractivity contribution >= 4 is 17.7 Å². The summed E-state index contributed by atoms with van der Waals surface area (Å²) in [5.41, 5.74) is 0.629. The Morgan fingerprint density at radius 1 is 1.12 bits per heavy atom. The summed E-state index contributed by atoms with van der Waals surface area (Å²) in [5.74, 6) is -1.20. The second kappa shape index (κ2) is 9.05. The summed E-state index contributed by atoms with van der Waals surface area (Å²) < 4.78 is 41.0. The maximum atomic E-state index is 13.3. The summed E-state index contributed by atoms with van der Waals surface area (Å²) in [6, 6.07) is 5.01. The third kappa shape index (κ3) is 4.97. The maximum Gasteiger partial charge on any atom is 0.416 e. The molecule has 0 saturated carbocycles. The molecule has 0 aliphatic carbocycles. The van der Waals surface area contributed by atoms with Gasteiger partial charge < -0.3 is 14.9 Å². The zero-order valence-electron chi connectivity index (χ0n) is 18.3. The van der Waals surface area contributed by atoms with Crippen LogP contribution in [0.1, 0.15) is 41.4 Å². The SMILES string of the molecule is CC1CCCN1c1cc(C(F)(F)F)ccc1CN1CCN(C(=O)n2ccc(C(=O)O)n2)CC1. The van der Waals surface area contributed by atoms with E-state index < -0.39 is 23.7 Å². The Morgan fingerprint density at radius 2 is 1.85 bits per heavy atom. The lowest BCUT2D eigenvalue weighted by atomic mass is 10.1. The summed E-state index contributed by atoms with van der Waals surface area (Å²) in [4.78, 5) is 29.3. The molecule has 178 valence electrons. The molecule has 2 fully saturated rings. The Bertz CT molecular complexity index is 1030. The molecule has 0 bridgehead atoms. The first-order valence-corrected chi connectivity index (χ1v) is 10.9. The van der Waals surface area contributed by atoms with Crippen LogP contribution in [0.2, 0.25) is 0 Å². The number of carboxylic acid groups (broad SMARTS) is 1. The Morgan fingerprint density at radius 3 is 2.42 bits per heavy atom. The number of benzene rings is 1. The highest BCUT2D eigenvalue weighted by Crippen LogP contribution is 2.36. The van der Waals surface area contributed by atoms with E-state index in [2.05, 4.69) is 14.9 Å². The van der Waals surface area contributed by atoms with E-state index in [9.17, 15) is 22.8 Å². The number of amides is 1. The summed E-state index contributed by atoms with van der Waals surface area (Å²) in [5, 5.41) is 12.7. The fraction of sp³-hybridized carbons (Fsp3) is 0.500. The van der Waals surface area contributed by atoms with Gasteiger partial charge in [0.2, 0.25) is 0 Å². The third-order valence-electron chi connectivity index (χ3n) is 6.32. The molecule has 1 unspecified atom stereocenters. The fourth-order valence-corrected chi connectivity index (χ4v) is 4.46. The second-order valence-electron chi connectivity index (χ2n) is 8.52. The van der Waals surface area contributed by atoms with Crippen LogP contribution in [0.4, 0.5) is 23.7 Å². The first-order valence-electron chi connectivity index (χ1n) is 10.9. The zero-order chi connectivity index (χ0) is 23.8. The van der Waals surface area contributed by atoms with Gasteiger partial charge in [-0.05, 0) is 43.5 Å². The predicted molar refractivity (Wildman–Crippen MR) is 114 cm³/mol. The number of halogens is 3. The van der Waals surface area contributed by atoms with E-state index in [1.807, 2.05) is 6.92 Å². The maximum absolute atomic E-state index is 13.3. The quantitative estimate of drug-likeness (QED) is 0.746. The van der Waals surface area contributed by atoms with Gasteiger partial charge in [0, 0.05) is 57.2 Å². The molecule has 2 aliphatic rings. The van der Waals surface area contributed by atoms with Crippen molar-refractivity contribution in [2.45, 2.75) is 38.5 Å². The minimum absolute atomic E-state index is 0.187. The van der Waals surface area contributed by atoms with Crippen LogP contribution < -0.4 is 4.90 Å². The van der Waals surface area contributed by atoms with Crippen molar-refractivity contribution in [2.24, 2.45) is 0 Å². The smallest absolute Gasteiger partial charge is 0.416 e. The largest absolute Gasteiger partial charge is 0.476 e. The number of anilines is 1. The van der Waals surface area contributed by atoms with Gasteiger partial charge in [-0.1, -0.05) is 6.07 Å². The molecule has 2 saturated heterocycles. The Kier molecular flexibility index (Phi) is 6.33. The molecule has 1 aromatic carbocycles. The molecule has 33 heavy (non-hydrogen) atoms. The Hall–Kier alpha value is -3.08. The first-order chi connectivity index (χ1) is 15.6. The Balaban J connectivity index is 1.44. The van der Waals surface area contributed by atoms with Crippen LogP contribution in [-0.2, 0) is 12.7 Å². The second-order valence-corrected chi connectivity index (χ2v) is 8.52. The van der Waals surface area contributed by atoms with Crippen molar-refractivity contribution in [3.8, 4) is 0 Å². The van der Waals surface area contributed by atoms with Gasteiger partial charge in [-0.15, -0.1) is 0 Å². The number of hydrogen-bond donors (Lipinski definition) is 1. The summed E-state index contributed by atoms with van der Waals surface area (Å²) in [6.07, 6.45) is -1.17. The number of piperazine rings is 1. The lowest BCUT2D eigenvalue weighted by Crippen LogP contribution is -2.49. The van der Waals surface area contributed by atoms with Gasteiger partial charge in [-0.3, -0.25) is 4.90 Å². The number of rotatable bonds is 4. The Labute approximate surface area is 189 Å². The molecule has 0 spiro atoms. The summed E-state index contributed by atoms with van der Waals surface area (Å²) in [6.45, 7) is 5.19. The normalized spacial score (nSPS) is 19.8. The van der Waals surface area contributed by atoms with Crippen molar-refractivity contribution in [2.75, 3.05) is 37.6 Å². The average molecular weight is 465 g/mol. The van der Waals surface area contributed by atoms with Crippen molar-refractivity contribution in [1.29, 1.82) is 0 Å². The molecule has 1 amide bonds. The number of nitrogens with zero attached hydrogens (tertiary/aromatic N) is 5. The van der Waals surface area contributed by atoms with Gasteiger partial charge in [0.1, 0.15) is 0 Å². The highest BCUT2D eigenvalue weighted by molar-refractivity contribution is 5.86. The van der Waals surface area contributed by atoms with E-state index in [1.54, 1.807) is 11.0 Å². The van der Waals surface area contributed by atoms with E-state index in [0.29, 0.717) is 38.4 Å². The van der Waals surface area contributed by atoms with Crippen LogP contribution in [0.25, 0.3) is 0 Å². The van der Waals surface area contributed by atoms with Gasteiger partial charge in [0.15, 0.2) is 5.69 Å². The van der Waals surface area contributed by atoms with Gasteiger partial charge >= 0.3 is 18.2 Å². The van der Waals surface area contributed by atoms with Gasteiger partial charge in [-0.2, -0.15) is 23.0 Å². The van der Waals surface area contributed by atoms with E-state index >= 15 is 0 Å². The van der Waals surface area contributed by atoms with Crippen molar-refractivity contribution < 1.29 is 27.9 Å². The molecule has 8 nitrogen and oxygen atoms in total. The lowest BCUT2D eigenvalue weighted by Gasteiger charge is -2.35. The van der Waals surface area contributed by atoms with Crippen LogP contribution in [-0.4, -0.2) is 75.5 Å². The molecular weight excluding hydrogens is 439 g/mol. The van der Waals surface area contributed by atoms with E-state index in [-0.39, 0.29) is 11.7 Å². The predicted octanol–water partition coefficient (Wildman–Crippen LogP) is 3.37. The molecule has 1 atom stereocenters. The van der Waals surface area contributed by atoms with Crippen molar-refractivity contribution in [1.82, 2.24) is 19.6 Å². The standard InChI is InChI=1S/C22H26F3N5O3/c1-15-3-2-7-29(15)19-13-17(22(23,24)25)5-4-16(19)14-27-9-11-28(12-10-27)21(33)30-8-6-18(26-30)20(31)32/h4-6,8,13,15H,2-3,7,9-12,14H2,1H3,(H,31,32). The van der Waals surface area contributed by atoms with Crippen LogP contribution in [0.3, 0.4) is 0 Å². The van der Waals surface area contributed by atoms with Crippen LogP contribution in [0.15, 0.2) is 30.5 Å². The van der Waals surface area contributed by atoms with Gasteiger partial charge in [0.05, 0.1) is 5.56 Å². The molecule has 1 N–H and O–H groups in total. The monoisotopic (exact) mass is 465 g/mol. The molecular formula is C22H26F3N5O3. The van der Waals surface area contributed by atoms with Gasteiger partial charge in [0.25, 0.3) is 0 Å². The van der Waals surface area contributed by atoms with E-state index in [0.717, 1.165) is 35.7 Å². The van der Waals surface area contributed by atoms with E-state index in [4.69, 9.17) is 5.11 Å². The van der Waals surface area contributed by atoms with Crippen LogP contribution >= 0.6 is 0 Å². The fourth-order valence-electron chi connectivity index (χ4n) is 4.46. The summed E-state index contributed by atoms with van der Waals surface area (Å²) in [7, 11) is 0. The average Bonchev–Trinajstić information content (AvgIpc) is 3.43. The van der Waals surface area contributed by atoms with Crippen molar-refractivity contribution in [3.63, 3.8) is 0 Å². The molecule has 11 heteroatoms. The minimum atomic E-state index is -4.39. The molecule has 0 radical (unpaired) electrons. The molecule has 3 heterocycles. The number of carbonyl (C=O) groups is 2. The van der Waals surface area contributed by atoms with Gasteiger partial charge in [-0.25, -0.2) is 9.59 Å². The van der Waals surface area contributed by atoms with Crippen LogP contribution in [0.5, 0.6) is 0 Å². The number of aromatic carboxylic acids is 1.